The number of hydrogen-bond acceptors (Lipinski definition) is 6. The van der Waals surface area contributed by atoms with Gasteiger partial charge in [0.1, 0.15) is 11.6 Å². The van der Waals surface area contributed by atoms with Crippen molar-refractivity contribution in [2.75, 3.05) is 38.4 Å². The van der Waals surface area contributed by atoms with Gasteiger partial charge in [0.05, 0.1) is 36.6 Å². The first-order valence-electron chi connectivity index (χ1n) is 13.3. The normalized spacial score (nSPS) is 15.2. The Hall–Kier alpha value is -2.75. The fourth-order valence-corrected chi connectivity index (χ4v) is 5.58. The Morgan fingerprint density at radius 1 is 1.18 bits per heavy atom. The molecule has 3 aromatic rings. The summed E-state index contributed by atoms with van der Waals surface area (Å²) < 4.78 is 34.7. The summed E-state index contributed by atoms with van der Waals surface area (Å²) in [6.07, 6.45) is 3.19. The van der Waals surface area contributed by atoms with Crippen molar-refractivity contribution in [1.29, 1.82) is 0 Å². The maximum Gasteiger partial charge on any atom is 0.261 e. The molecule has 0 bridgehead atoms. The molecule has 0 spiro atoms. The van der Waals surface area contributed by atoms with E-state index in [1.165, 1.54) is 0 Å². The van der Waals surface area contributed by atoms with E-state index >= 15 is 4.39 Å². The number of aromatic nitrogens is 2. The Balaban J connectivity index is 1.77. The zero-order valence-electron chi connectivity index (χ0n) is 23.6. The first-order valence-corrected chi connectivity index (χ1v) is 16.2. The summed E-state index contributed by atoms with van der Waals surface area (Å²) >= 11 is 0. The first kappa shape index (κ1) is 28.3. The summed E-state index contributed by atoms with van der Waals surface area (Å²) in [6, 6.07) is 8.97. The quantitative estimate of drug-likeness (QED) is 0.309. The molecule has 2 aromatic carbocycles. The SMILES string of the molecule is COc1cc(C)c(F)c(N(CCO[Si](C)(C)C(C)(C)C)c2ccc3ncn(C4CCOCC4)c(=O)c3c2)c1. The molecule has 0 unspecified atom stereocenters. The molecule has 0 saturated carbocycles. The Kier molecular flexibility index (Phi) is 8.30. The number of halogens is 1. The molecule has 1 aromatic heterocycles. The molecular weight excluding hydrogens is 501 g/mol. The van der Waals surface area contributed by atoms with Crippen LogP contribution < -0.4 is 15.2 Å². The summed E-state index contributed by atoms with van der Waals surface area (Å²) in [5.41, 5.74) is 2.09. The molecule has 0 atom stereocenters. The average Bonchev–Trinajstić information content (AvgIpc) is 2.88. The number of hydrogen-bond donors (Lipinski definition) is 0. The van der Waals surface area contributed by atoms with Gasteiger partial charge in [0.15, 0.2) is 8.32 Å². The second-order valence-electron chi connectivity index (χ2n) is 11.5. The van der Waals surface area contributed by atoms with Crippen molar-refractivity contribution in [2.24, 2.45) is 0 Å². The van der Waals surface area contributed by atoms with Gasteiger partial charge >= 0.3 is 0 Å². The number of ether oxygens (including phenoxy) is 2. The van der Waals surface area contributed by atoms with Crippen molar-refractivity contribution >= 4 is 30.6 Å². The lowest BCUT2D eigenvalue weighted by Crippen LogP contribution is -2.42. The van der Waals surface area contributed by atoms with E-state index in [1.807, 2.05) is 23.1 Å². The minimum atomic E-state index is -2.01. The van der Waals surface area contributed by atoms with Crippen LogP contribution in [0, 0.1) is 12.7 Å². The van der Waals surface area contributed by atoms with Gasteiger partial charge in [-0.2, -0.15) is 0 Å². The predicted octanol–water partition coefficient (Wildman–Crippen LogP) is 6.36. The Bertz CT molecular complexity index is 1350. The molecule has 1 aliphatic heterocycles. The van der Waals surface area contributed by atoms with E-state index in [4.69, 9.17) is 13.9 Å². The van der Waals surface area contributed by atoms with E-state index in [0.29, 0.717) is 60.0 Å². The van der Waals surface area contributed by atoms with Crippen LogP contribution in [-0.4, -0.2) is 51.3 Å². The van der Waals surface area contributed by atoms with E-state index in [2.05, 4.69) is 38.8 Å². The molecular formula is C29H40FN3O4Si. The molecule has 206 valence electrons. The van der Waals surface area contributed by atoms with E-state index in [9.17, 15) is 4.79 Å². The number of rotatable bonds is 8. The van der Waals surface area contributed by atoms with Crippen LogP contribution in [0.4, 0.5) is 15.8 Å². The Morgan fingerprint density at radius 2 is 1.89 bits per heavy atom. The molecule has 38 heavy (non-hydrogen) atoms. The van der Waals surface area contributed by atoms with Gasteiger partial charge in [0.2, 0.25) is 0 Å². The highest BCUT2D eigenvalue weighted by atomic mass is 28.4. The van der Waals surface area contributed by atoms with E-state index in [1.54, 1.807) is 37.1 Å². The van der Waals surface area contributed by atoms with Gasteiger partial charge in [-0.1, -0.05) is 20.8 Å². The Morgan fingerprint density at radius 3 is 2.55 bits per heavy atom. The highest BCUT2D eigenvalue weighted by Crippen LogP contribution is 2.37. The summed E-state index contributed by atoms with van der Waals surface area (Å²) in [6.45, 7) is 14.8. The van der Waals surface area contributed by atoms with Gasteiger partial charge in [0, 0.05) is 37.6 Å². The molecule has 4 rings (SSSR count). The van der Waals surface area contributed by atoms with Crippen LogP contribution in [0.3, 0.4) is 0 Å². The van der Waals surface area contributed by atoms with Crippen LogP contribution in [0.2, 0.25) is 18.1 Å². The molecule has 0 aliphatic carbocycles. The summed E-state index contributed by atoms with van der Waals surface area (Å²) in [5.74, 6) is 0.238. The van der Waals surface area contributed by atoms with Crippen LogP contribution in [-0.2, 0) is 9.16 Å². The summed E-state index contributed by atoms with van der Waals surface area (Å²) in [5, 5.41) is 0.561. The van der Waals surface area contributed by atoms with Crippen LogP contribution >= 0.6 is 0 Å². The zero-order chi connectivity index (χ0) is 27.7. The largest absolute Gasteiger partial charge is 0.497 e. The maximum absolute atomic E-state index is 15.6. The fourth-order valence-electron chi connectivity index (χ4n) is 4.55. The minimum Gasteiger partial charge on any atom is -0.497 e. The van der Waals surface area contributed by atoms with Crippen LogP contribution in [0.1, 0.15) is 45.2 Å². The van der Waals surface area contributed by atoms with Crippen molar-refractivity contribution in [3.8, 4) is 5.75 Å². The fraction of sp³-hybridized carbons (Fsp3) is 0.517. The number of benzene rings is 2. The molecule has 7 nitrogen and oxygen atoms in total. The minimum absolute atomic E-state index is 0.0551. The van der Waals surface area contributed by atoms with Gasteiger partial charge in [-0.05, 0) is 67.7 Å². The van der Waals surface area contributed by atoms with E-state index < -0.39 is 8.32 Å². The van der Waals surface area contributed by atoms with Crippen LogP contribution in [0.25, 0.3) is 10.9 Å². The van der Waals surface area contributed by atoms with Crippen LogP contribution in [0.5, 0.6) is 5.75 Å². The predicted molar refractivity (Wildman–Crippen MR) is 153 cm³/mol. The van der Waals surface area contributed by atoms with Crippen molar-refractivity contribution in [3.63, 3.8) is 0 Å². The molecule has 0 N–H and O–H groups in total. The average molecular weight is 542 g/mol. The highest BCUT2D eigenvalue weighted by molar-refractivity contribution is 6.74. The topological polar surface area (TPSA) is 65.8 Å². The number of fused-ring (bicyclic) bond motifs is 1. The van der Waals surface area contributed by atoms with Crippen molar-refractivity contribution in [2.45, 2.75) is 64.7 Å². The van der Waals surface area contributed by atoms with Crippen molar-refractivity contribution < 1.29 is 18.3 Å². The van der Waals surface area contributed by atoms with Gasteiger partial charge in [-0.3, -0.25) is 9.36 Å². The van der Waals surface area contributed by atoms with Gasteiger partial charge in [-0.15, -0.1) is 0 Å². The third kappa shape index (κ3) is 5.79. The third-order valence-corrected chi connectivity index (χ3v) is 12.5. The molecule has 0 radical (unpaired) electrons. The second kappa shape index (κ2) is 11.2. The van der Waals surface area contributed by atoms with E-state index in [0.717, 1.165) is 12.8 Å². The molecule has 0 amide bonds. The smallest absolute Gasteiger partial charge is 0.261 e. The van der Waals surface area contributed by atoms with Gasteiger partial charge in [-0.25, -0.2) is 9.37 Å². The lowest BCUT2D eigenvalue weighted by Gasteiger charge is -2.37. The highest BCUT2D eigenvalue weighted by Gasteiger charge is 2.37. The van der Waals surface area contributed by atoms with E-state index in [-0.39, 0.29) is 22.5 Å². The Labute approximate surface area is 225 Å². The molecule has 1 fully saturated rings. The van der Waals surface area contributed by atoms with Crippen LogP contribution in [0.15, 0.2) is 41.5 Å². The van der Waals surface area contributed by atoms with Crippen molar-refractivity contribution in [1.82, 2.24) is 9.55 Å². The monoisotopic (exact) mass is 541 g/mol. The van der Waals surface area contributed by atoms with Crippen molar-refractivity contribution in [3.05, 3.63) is 58.4 Å². The van der Waals surface area contributed by atoms with Gasteiger partial charge in [0.25, 0.3) is 5.56 Å². The summed E-state index contributed by atoms with van der Waals surface area (Å²) in [4.78, 5) is 20.0. The third-order valence-electron chi connectivity index (χ3n) is 7.98. The molecule has 1 saturated heterocycles. The maximum atomic E-state index is 15.6. The number of aryl methyl sites for hydroxylation is 1. The number of nitrogens with zero attached hydrogens (tertiary/aromatic N) is 3. The zero-order valence-corrected chi connectivity index (χ0v) is 24.6. The number of methoxy groups -OCH3 is 1. The molecule has 2 heterocycles. The molecule has 1 aliphatic rings. The lowest BCUT2D eigenvalue weighted by atomic mass is 10.1. The standard InChI is InChI=1S/C29H40FN3O4Si/c1-20-16-23(35-5)18-26(27(20)30)32(12-15-37-38(6,7)29(2,3)4)22-8-9-25-24(17-22)28(34)33(19-31-25)21-10-13-36-14-11-21/h8-9,16-19,21H,10-15H2,1-7H3. The van der Waals surface area contributed by atoms with Gasteiger partial charge < -0.3 is 18.8 Å². The summed E-state index contributed by atoms with van der Waals surface area (Å²) in [7, 11) is -0.443. The number of anilines is 2. The first-order chi connectivity index (χ1) is 17.9. The second-order valence-corrected chi connectivity index (χ2v) is 16.3. The lowest BCUT2D eigenvalue weighted by molar-refractivity contribution is 0.0685. The molecule has 9 heteroatoms.